The largest absolute Gasteiger partial charge is 0.417 e. The van der Waals surface area contributed by atoms with E-state index in [0.717, 1.165) is 11.8 Å². The Kier molecular flexibility index (Phi) is 5.66. The highest BCUT2D eigenvalue weighted by molar-refractivity contribution is 5.79. The van der Waals surface area contributed by atoms with Crippen LogP contribution in [0.25, 0.3) is 0 Å². The van der Waals surface area contributed by atoms with E-state index < -0.39 is 50.6 Å². The third kappa shape index (κ3) is 3.70. The van der Waals surface area contributed by atoms with Crippen LogP contribution in [0.2, 0.25) is 0 Å². The third-order valence-electron chi connectivity index (χ3n) is 3.80. The molecule has 1 saturated heterocycles. The Morgan fingerprint density at radius 1 is 1.23 bits per heavy atom. The average Bonchev–Trinajstić information content (AvgIpc) is 3.04. The van der Waals surface area contributed by atoms with Gasteiger partial charge in [0.05, 0.1) is 28.6 Å². The molecule has 1 aliphatic rings. The number of nitrogens with zero attached hydrogens (tertiary/aromatic N) is 3. The van der Waals surface area contributed by atoms with E-state index >= 15 is 0 Å². The van der Waals surface area contributed by atoms with Crippen molar-refractivity contribution in [1.82, 2.24) is 0 Å². The van der Waals surface area contributed by atoms with Crippen molar-refractivity contribution in [1.29, 1.82) is 0 Å². The number of anilines is 1. The number of rotatable bonds is 6. The van der Waals surface area contributed by atoms with Gasteiger partial charge in [-0.3, -0.25) is 20.2 Å². The average molecular weight is 379 g/mol. The molecule has 2 rings (SSSR count). The van der Waals surface area contributed by atoms with Gasteiger partial charge in [-0.15, -0.1) is 0 Å². The molecule has 0 amide bonds. The molecule has 0 saturated carbocycles. The summed E-state index contributed by atoms with van der Waals surface area (Å²) in [5, 5.41) is 22.9. The second kappa shape index (κ2) is 7.41. The molecule has 12 heteroatoms. The van der Waals surface area contributed by atoms with Gasteiger partial charge in [-0.05, 0) is 13.3 Å². The SMILES string of the molecule is CCCN(c1c([N+](=O)[O-])cc(C(F)(F)F)c(C)c1[N+](=O)[O-])C1OCCO1. The fourth-order valence-corrected chi connectivity index (χ4v) is 2.77. The highest BCUT2D eigenvalue weighted by atomic mass is 19.4. The van der Waals surface area contributed by atoms with Crippen molar-refractivity contribution in [2.45, 2.75) is 32.9 Å². The summed E-state index contributed by atoms with van der Waals surface area (Å²) in [6, 6.07) is 0.315. The Bertz CT molecular complexity index is 719. The van der Waals surface area contributed by atoms with Gasteiger partial charge in [-0.1, -0.05) is 6.92 Å². The molecular formula is C14H16F3N3O6. The van der Waals surface area contributed by atoms with Crippen LogP contribution in [0.3, 0.4) is 0 Å². The van der Waals surface area contributed by atoms with Crippen molar-refractivity contribution in [2.75, 3.05) is 24.7 Å². The fraction of sp³-hybridized carbons (Fsp3) is 0.571. The van der Waals surface area contributed by atoms with Gasteiger partial charge in [0.25, 0.3) is 5.69 Å². The van der Waals surface area contributed by atoms with Crippen LogP contribution >= 0.6 is 0 Å². The van der Waals surface area contributed by atoms with Crippen LogP contribution in [0.15, 0.2) is 6.07 Å². The van der Waals surface area contributed by atoms with Crippen molar-refractivity contribution in [3.63, 3.8) is 0 Å². The molecule has 9 nitrogen and oxygen atoms in total. The van der Waals surface area contributed by atoms with Crippen LogP contribution in [0.4, 0.5) is 30.2 Å². The Labute approximate surface area is 145 Å². The summed E-state index contributed by atoms with van der Waals surface area (Å²) < 4.78 is 50.2. The van der Waals surface area contributed by atoms with Gasteiger partial charge >= 0.3 is 11.9 Å². The molecule has 1 aliphatic heterocycles. The molecule has 0 N–H and O–H groups in total. The molecule has 0 atom stereocenters. The van der Waals surface area contributed by atoms with E-state index in [1.807, 2.05) is 0 Å². The maximum atomic E-state index is 13.2. The summed E-state index contributed by atoms with van der Waals surface area (Å²) in [5.41, 5.74) is -4.70. The van der Waals surface area contributed by atoms with Crippen molar-refractivity contribution in [2.24, 2.45) is 0 Å². The second-order valence-corrected chi connectivity index (χ2v) is 5.52. The molecule has 144 valence electrons. The van der Waals surface area contributed by atoms with Crippen molar-refractivity contribution < 1.29 is 32.5 Å². The van der Waals surface area contributed by atoms with Crippen molar-refractivity contribution in [3.8, 4) is 0 Å². The molecule has 1 aromatic carbocycles. The molecular weight excluding hydrogens is 363 g/mol. The van der Waals surface area contributed by atoms with Gasteiger partial charge in [-0.2, -0.15) is 13.2 Å². The summed E-state index contributed by atoms with van der Waals surface area (Å²) in [5.74, 6) is 0. The Hall–Kier alpha value is -2.47. The Balaban J connectivity index is 2.82. The number of hydrogen-bond donors (Lipinski definition) is 0. The van der Waals surface area contributed by atoms with Crippen LogP contribution < -0.4 is 4.90 Å². The summed E-state index contributed by atoms with van der Waals surface area (Å²) in [7, 11) is 0. The first kappa shape index (κ1) is 19.8. The summed E-state index contributed by atoms with van der Waals surface area (Å²) in [4.78, 5) is 21.9. The molecule has 0 aliphatic carbocycles. The lowest BCUT2D eigenvalue weighted by atomic mass is 10.0. The first-order valence-corrected chi connectivity index (χ1v) is 7.63. The van der Waals surface area contributed by atoms with E-state index in [2.05, 4.69) is 0 Å². The van der Waals surface area contributed by atoms with Crippen LogP contribution in [-0.4, -0.2) is 36.0 Å². The Morgan fingerprint density at radius 3 is 2.23 bits per heavy atom. The van der Waals surface area contributed by atoms with E-state index in [1.165, 1.54) is 0 Å². The molecule has 1 aromatic rings. The lowest BCUT2D eigenvalue weighted by Gasteiger charge is -2.28. The normalized spacial score (nSPS) is 15.3. The van der Waals surface area contributed by atoms with E-state index in [-0.39, 0.29) is 19.8 Å². The molecule has 0 aromatic heterocycles. The van der Waals surface area contributed by atoms with Crippen LogP contribution in [0.5, 0.6) is 0 Å². The number of nitro groups is 2. The third-order valence-corrected chi connectivity index (χ3v) is 3.80. The van der Waals surface area contributed by atoms with Gasteiger partial charge in [-0.25, -0.2) is 0 Å². The van der Waals surface area contributed by atoms with Crippen LogP contribution in [-0.2, 0) is 15.7 Å². The van der Waals surface area contributed by atoms with E-state index in [0.29, 0.717) is 12.5 Å². The van der Waals surface area contributed by atoms with E-state index in [9.17, 15) is 33.4 Å². The van der Waals surface area contributed by atoms with E-state index in [1.54, 1.807) is 6.92 Å². The number of hydrogen-bond acceptors (Lipinski definition) is 7. The topological polar surface area (TPSA) is 108 Å². The number of ether oxygens (including phenoxy) is 2. The van der Waals surface area contributed by atoms with Gasteiger partial charge in [0, 0.05) is 18.2 Å². The van der Waals surface area contributed by atoms with Crippen molar-refractivity contribution >= 4 is 17.1 Å². The molecule has 1 heterocycles. The number of halogens is 3. The highest BCUT2D eigenvalue weighted by Gasteiger charge is 2.43. The molecule has 1 fully saturated rings. The Morgan fingerprint density at radius 2 is 1.81 bits per heavy atom. The minimum Gasteiger partial charge on any atom is -0.333 e. The van der Waals surface area contributed by atoms with Crippen LogP contribution in [0, 0.1) is 27.2 Å². The zero-order valence-corrected chi connectivity index (χ0v) is 13.9. The molecule has 26 heavy (non-hydrogen) atoms. The van der Waals surface area contributed by atoms with Gasteiger partial charge in [0.1, 0.15) is 0 Å². The second-order valence-electron chi connectivity index (χ2n) is 5.52. The van der Waals surface area contributed by atoms with Gasteiger partial charge < -0.3 is 14.4 Å². The number of benzene rings is 1. The fourth-order valence-electron chi connectivity index (χ4n) is 2.77. The minimum absolute atomic E-state index is 0.0527. The minimum atomic E-state index is -4.98. The standard InChI is InChI=1S/C14H16F3N3O6/c1-3-4-18(13-25-5-6-26-13)12-10(19(21)22)7-9(14(15,16)17)8(2)11(12)20(23)24/h7,13H,3-6H2,1-2H3. The summed E-state index contributed by atoms with van der Waals surface area (Å²) in [6.45, 7) is 2.99. The predicted molar refractivity (Wildman–Crippen MR) is 82.8 cm³/mol. The monoisotopic (exact) mass is 379 g/mol. The van der Waals surface area contributed by atoms with Crippen molar-refractivity contribution in [3.05, 3.63) is 37.4 Å². The first-order valence-electron chi connectivity index (χ1n) is 7.63. The molecule has 0 radical (unpaired) electrons. The number of alkyl halides is 3. The quantitative estimate of drug-likeness (QED) is 0.551. The van der Waals surface area contributed by atoms with E-state index in [4.69, 9.17) is 9.47 Å². The summed E-state index contributed by atoms with van der Waals surface area (Å²) >= 11 is 0. The summed E-state index contributed by atoms with van der Waals surface area (Å²) in [6.07, 6.45) is -5.73. The maximum absolute atomic E-state index is 13.2. The number of nitro benzene ring substituents is 2. The lowest BCUT2D eigenvalue weighted by Crippen LogP contribution is -2.38. The zero-order valence-electron chi connectivity index (χ0n) is 13.9. The van der Waals surface area contributed by atoms with Gasteiger partial charge in [0.2, 0.25) is 6.41 Å². The smallest absolute Gasteiger partial charge is 0.333 e. The predicted octanol–water partition coefficient (Wildman–Crippen LogP) is 3.38. The highest BCUT2D eigenvalue weighted by Crippen LogP contribution is 2.47. The van der Waals surface area contributed by atoms with Gasteiger partial charge in [0.15, 0.2) is 5.69 Å². The lowest BCUT2D eigenvalue weighted by molar-refractivity contribution is -0.393. The first-order chi connectivity index (χ1) is 12.1. The molecule has 0 bridgehead atoms. The van der Waals surface area contributed by atoms with Crippen LogP contribution in [0.1, 0.15) is 24.5 Å². The zero-order chi connectivity index (χ0) is 19.6. The maximum Gasteiger partial charge on any atom is 0.417 e. The molecule has 0 spiro atoms. The molecule has 0 unspecified atom stereocenters.